The predicted molar refractivity (Wildman–Crippen MR) is 79.6 cm³/mol. The fourth-order valence-electron chi connectivity index (χ4n) is 1.85. The highest BCUT2D eigenvalue weighted by atomic mass is 19.4. The minimum atomic E-state index is -4.49. The van der Waals surface area contributed by atoms with Crippen LogP contribution in [0.15, 0.2) is 53.6 Å². The number of rotatable bonds is 4. The molecule has 124 valence electrons. The second-order valence-corrected chi connectivity index (χ2v) is 4.60. The molecule has 0 heterocycles. The summed E-state index contributed by atoms with van der Waals surface area (Å²) in [6, 6.07) is 9.59. The van der Waals surface area contributed by atoms with Gasteiger partial charge in [0, 0.05) is 6.07 Å². The van der Waals surface area contributed by atoms with Crippen molar-refractivity contribution in [2.24, 2.45) is 5.10 Å². The molecule has 2 rings (SSSR count). The first kappa shape index (κ1) is 17.1. The van der Waals surface area contributed by atoms with Crippen LogP contribution in [0.4, 0.5) is 18.9 Å². The normalized spacial score (nSPS) is 11.5. The lowest BCUT2D eigenvalue weighted by atomic mass is 10.1. The number of nitro groups is 1. The summed E-state index contributed by atoms with van der Waals surface area (Å²) in [5, 5.41) is 14.4. The molecule has 0 radical (unpaired) electrons. The molecular formula is C15H10F3N3O3. The Bertz CT molecular complexity index is 804. The molecule has 9 heteroatoms. The summed E-state index contributed by atoms with van der Waals surface area (Å²) in [6.07, 6.45) is -3.47. The number of nitro benzene ring substituents is 1. The molecule has 0 bridgehead atoms. The topological polar surface area (TPSA) is 84.6 Å². The van der Waals surface area contributed by atoms with Gasteiger partial charge in [-0.05, 0) is 23.8 Å². The van der Waals surface area contributed by atoms with E-state index in [1.165, 1.54) is 30.3 Å². The zero-order chi connectivity index (χ0) is 17.7. The van der Waals surface area contributed by atoms with Gasteiger partial charge in [-0.3, -0.25) is 14.9 Å². The number of benzene rings is 2. The fourth-order valence-corrected chi connectivity index (χ4v) is 1.85. The number of halogens is 3. The number of carbonyl (C=O) groups is 1. The lowest BCUT2D eigenvalue weighted by Crippen LogP contribution is -2.19. The Morgan fingerprint density at radius 2 is 1.88 bits per heavy atom. The molecule has 2 aromatic rings. The minimum absolute atomic E-state index is 0.118. The predicted octanol–water partition coefficient (Wildman–Crippen LogP) is 3.38. The van der Waals surface area contributed by atoms with Gasteiger partial charge in [0.05, 0.1) is 16.7 Å². The lowest BCUT2D eigenvalue weighted by molar-refractivity contribution is -0.385. The van der Waals surface area contributed by atoms with E-state index in [9.17, 15) is 28.1 Å². The summed E-state index contributed by atoms with van der Waals surface area (Å²) in [6.45, 7) is 0. The maximum atomic E-state index is 12.6. The van der Waals surface area contributed by atoms with Gasteiger partial charge in [-0.15, -0.1) is 0 Å². The van der Waals surface area contributed by atoms with E-state index in [1.54, 1.807) is 0 Å². The number of carbonyl (C=O) groups excluding carboxylic acids is 1. The highest BCUT2D eigenvalue weighted by Gasteiger charge is 2.30. The fraction of sp³-hybridized carbons (Fsp3) is 0.0667. The van der Waals surface area contributed by atoms with Crippen LogP contribution in [0.2, 0.25) is 0 Å². The van der Waals surface area contributed by atoms with Crippen LogP contribution < -0.4 is 5.43 Å². The molecule has 0 saturated heterocycles. The van der Waals surface area contributed by atoms with E-state index in [1.807, 2.05) is 5.43 Å². The maximum absolute atomic E-state index is 12.6. The zero-order valence-electron chi connectivity index (χ0n) is 11.9. The largest absolute Gasteiger partial charge is 0.416 e. The number of para-hydroxylation sites is 1. The van der Waals surface area contributed by atoms with E-state index in [0.29, 0.717) is 0 Å². The van der Waals surface area contributed by atoms with Gasteiger partial charge in [0.15, 0.2) is 0 Å². The van der Waals surface area contributed by atoms with Crippen LogP contribution in [-0.4, -0.2) is 17.0 Å². The van der Waals surface area contributed by atoms with E-state index in [0.717, 1.165) is 24.4 Å². The molecule has 6 nitrogen and oxygen atoms in total. The molecule has 1 N–H and O–H groups in total. The van der Waals surface area contributed by atoms with Crippen LogP contribution in [0, 0.1) is 10.1 Å². The molecule has 0 spiro atoms. The number of amides is 1. The first-order valence-electron chi connectivity index (χ1n) is 6.53. The summed E-state index contributed by atoms with van der Waals surface area (Å²) in [7, 11) is 0. The van der Waals surface area contributed by atoms with Crippen molar-refractivity contribution in [1.82, 2.24) is 5.43 Å². The summed E-state index contributed by atoms with van der Waals surface area (Å²) in [5.41, 5.74) is 0.710. The summed E-state index contributed by atoms with van der Waals surface area (Å²) < 4.78 is 37.7. The summed E-state index contributed by atoms with van der Waals surface area (Å²) in [5.74, 6) is -0.842. The van der Waals surface area contributed by atoms with Crippen molar-refractivity contribution < 1.29 is 22.9 Å². The van der Waals surface area contributed by atoms with E-state index in [2.05, 4.69) is 5.10 Å². The van der Waals surface area contributed by atoms with Crippen LogP contribution in [0.3, 0.4) is 0 Å². The third kappa shape index (κ3) is 4.15. The number of hydrogen-bond donors (Lipinski definition) is 1. The van der Waals surface area contributed by atoms with Crippen molar-refractivity contribution in [1.29, 1.82) is 0 Å². The molecule has 24 heavy (non-hydrogen) atoms. The Morgan fingerprint density at radius 1 is 1.17 bits per heavy atom. The molecule has 0 aliphatic carbocycles. The van der Waals surface area contributed by atoms with Gasteiger partial charge in [-0.2, -0.15) is 18.3 Å². The molecule has 0 atom stereocenters. The minimum Gasteiger partial charge on any atom is -0.267 e. The van der Waals surface area contributed by atoms with Crippen LogP contribution in [0.5, 0.6) is 0 Å². The third-order valence-corrected chi connectivity index (χ3v) is 2.94. The average molecular weight is 337 g/mol. The monoisotopic (exact) mass is 337 g/mol. The standard InChI is InChI=1S/C15H10F3N3O3/c16-15(17,18)11-5-3-4-10(8-11)9-19-20-14(22)12-6-1-2-7-13(12)21(23)24/h1-9H,(H,20,22). The van der Waals surface area contributed by atoms with Gasteiger partial charge in [0.25, 0.3) is 11.6 Å². The van der Waals surface area contributed by atoms with Crippen LogP contribution >= 0.6 is 0 Å². The Hall–Kier alpha value is -3.23. The first-order chi connectivity index (χ1) is 11.3. The molecule has 1 amide bonds. The number of alkyl halides is 3. The van der Waals surface area contributed by atoms with Gasteiger partial charge in [-0.25, -0.2) is 5.43 Å². The molecule has 0 aromatic heterocycles. The van der Waals surface area contributed by atoms with Crippen LogP contribution in [0.1, 0.15) is 21.5 Å². The third-order valence-electron chi connectivity index (χ3n) is 2.94. The average Bonchev–Trinajstić information content (AvgIpc) is 2.54. The van der Waals surface area contributed by atoms with Crippen molar-refractivity contribution in [2.75, 3.05) is 0 Å². The van der Waals surface area contributed by atoms with Crippen molar-refractivity contribution in [3.8, 4) is 0 Å². The SMILES string of the molecule is O=C(NN=Cc1cccc(C(F)(F)F)c1)c1ccccc1[N+](=O)[O-]. The smallest absolute Gasteiger partial charge is 0.267 e. The van der Waals surface area contributed by atoms with E-state index in [-0.39, 0.29) is 11.1 Å². The molecule has 0 unspecified atom stereocenters. The van der Waals surface area contributed by atoms with Crippen LogP contribution in [-0.2, 0) is 6.18 Å². The number of hydrogen-bond acceptors (Lipinski definition) is 4. The van der Waals surface area contributed by atoms with E-state index >= 15 is 0 Å². The Labute approximate surface area is 133 Å². The maximum Gasteiger partial charge on any atom is 0.416 e. The van der Waals surface area contributed by atoms with Crippen molar-refractivity contribution in [3.63, 3.8) is 0 Å². The summed E-state index contributed by atoms with van der Waals surface area (Å²) in [4.78, 5) is 22.0. The summed E-state index contributed by atoms with van der Waals surface area (Å²) >= 11 is 0. The van der Waals surface area contributed by atoms with E-state index < -0.39 is 28.3 Å². The second kappa shape index (κ2) is 6.90. The quantitative estimate of drug-likeness (QED) is 0.527. The van der Waals surface area contributed by atoms with Gasteiger partial charge in [-0.1, -0.05) is 24.3 Å². The molecule has 0 aliphatic rings. The molecule has 0 fully saturated rings. The lowest BCUT2D eigenvalue weighted by Gasteiger charge is -2.06. The Kier molecular flexibility index (Phi) is 4.93. The second-order valence-electron chi connectivity index (χ2n) is 4.60. The highest BCUT2D eigenvalue weighted by molar-refractivity contribution is 5.98. The molecular weight excluding hydrogens is 327 g/mol. The van der Waals surface area contributed by atoms with Gasteiger partial charge in [0.2, 0.25) is 0 Å². The number of hydrazone groups is 1. The highest BCUT2D eigenvalue weighted by Crippen LogP contribution is 2.29. The van der Waals surface area contributed by atoms with Gasteiger partial charge >= 0.3 is 6.18 Å². The van der Waals surface area contributed by atoms with Crippen LogP contribution in [0.25, 0.3) is 0 Å². The Morgan fingerprint density at radius 3 is 2.54 bits per heavy atom. The first-order valence-corrected chi connectivity index (χ1v) is 6.53. The van der Waals surface area contributed by atoms with Crippen molar-refractivity contribution in [2.45, 2.75) is 6.18 Å². The van der Waals surface area contributed by atoms with E-state index in [4.69, 9.17) is 0 Å². The van der Waals surface area contributed by atoms with Gasteiger partial charge in [0.1, 0.15) is 5.56 Å². The molecule has 0 saturated carbocycles. The van der Waals surface area contributed by atoms with Crippen molar-refractivity contribution in [3.05, 3.63) is 75.3 Å². The van der Waals surface area contributed by atoms with Crippen molar-refractivity contribution >= 4 is 17.8 Å². The number of nitrogens with one attached hydrogen (secondary N) is 1. The number of nitrogens with zero attached hydrogens (tertiary/aromatic N) is 2. The molecule has 2 aromatic carbocycles. The Balaban J connectivity index is 2.13. The zero-order valence-corrected chi connectivity index (χ0v) is 11.9. The van der Waals surface area contributed by atoms with Gasteiger partial charge < -0.3 is 0 Å². The molecule has 0 aliphatic heterocycles.